The van der Waals surface area contributed by atoms with Crippen LogP contribution in [-0.2, 0) is 6.54 Å². The number of anilines is 1. The number of rotatable bonds is 8. The van der Waals surface area contributed by atoms with Crippen LogP contribution >= 0.6 is 0 Å². The second-order valence-corrected chi connectivity index (χ2v) is 4.69. The fourth-order valence-electron chi connectivity index (χ4n) is 2.16. The topological polar surface area (TPSA) is 51.3 Å². The van der Waals surface area contributed by atoms with Gasteiger partial charge in [0, 0.05) is 24.5 Å². The number of aromatic nitrogens is 1. The third-order valence-corrected chi connectivity index (χ3v) is 2.96. The van der Waals surface area contributed by atoms with Crippen LogP contribution in [0.5, 0.6) is 0 Å². The molecule has 0 aliphatic rings. The highest BCUT2D eigenvalue weighted by atomic mass is 16.1. The van der Waals surface area contributed by atoms with Gasteiger partial charge in [0.25, 0.3) is 5.56 Å². The maximum atomic E-state index is 11.6. The number of nitrogens with zero attached hydrogens (tertiary/aromatic N) is 2. The summed E-state index contributed by atoms with van der Waals surface area (Å²) in [7, 11) is 0. The van der Waals surface area contributed by atoms with Crippen molar-refractivity contribution in [3.05, 3.63) is 28.7 Å². The Morgan fingerprint density at radius 1 is 1.17 bits per heavy atom. The van der Waals surface area contributed by atoms with Gasteiger partial charge in [0.1, 0.15) is 0 Å². The first kappa shape index (κ1) is 14.8. The summed E-state index contributed by atoms with van der Waals surface area (Å²) >= 11 is 0. The second-order valence-electron chi connectivity index (χ2n) is 4.69. The van der Waals surface area contributed by atoms with E-state index in [1.165, 1.54) is 18.9 Å². The molecule has 1 heterocycles. The maximum absolute atomic E-state index is 11.6. The zero-order valence-corrected chi connectivity index (χ0v) is 11.6. The van der Waals surface area contributed by atoms with Crippen LogP contribution in [0.25, 0.3) is 0 Å². The number of aryl methyl sites for hydroxylation is 1. The minimum absolute atomic E-state index is 0.0294. The molecule has 0 bridgehead atoms. The van der Waals surface area contributed by atoms with Gasteiger partial charge in [0.05, 0.1) is 0 Å². The Morgan fingerprint density at radius 3 is 2.44 bits per heavy atom. The van der Waals surface area contributed by atoms with Crippen molar-refractivity contribution in [3.8, 4) is 0 Å². The van der Waals surface area contributed by atoms with Crippen LogP contribution in [-0.4, -0.2) is 29.1 Å². The Bertz CT molecular complexity index is 394. The minimum atomic E-state index is 0.0294. The lowest BCUT2D eigenvalue weighted by Gasteiger charge is -2.20. The average Bonchev–Trinajstić information content (AvgIpc) is 2.34. The molecule has 0 radical (unpaired) electrons. The van der Waals surface area contributed by atoms with Crippen molar-refractivity contribution in [2.45, 2.75) is 39.7 Å². The first-order valence-corrected chi connectivity index (χ1v) is 6.85. The largest absolute Gasteiger partial charge is 0.398 e. The van der Waals surface area contributed by atoms with Crippen molar-refractivity contribution in [3.63, 3.8) is 0 Å². The van der Waals surface area contributed by atoms with E-state index < -0.39 is 0 Å². The zero-order valence-electron chi connectivity index (χ0n) is 11.6. The lowest BCUT2D eigenvalue weighted by molar-refractivity contribution is 0.265. The Balaban J connectivity index is 2.44. The molecule has 18 heavy (non-hydrogen) atoms. The Kier molecular flexibility index (Phi) is 6.50. The van der Waals surface area contributed by atoms with Crippen LogP contribution in [0.2, 0.25) is 0 Å². The highest BCUT2D eigenvalue weighted by molar-refractivity contribution is 5.33. The molecule has 0 saturated carbocycles. The molecule has 1 aromatic rings. The molecule has 2 N–H and O–H groups in total. The van der Waals surface area contributed by atoms with Gasteiger partial charge in [-0.2, -0.15) is 0 Å². The maximum Gasteiger partial charge on any atom is 0.250 e. The Labute approximate surface area is 109 Å². The monoisotopic (exact) mass is 251 g/mol. The van der Waals surface area contributed by atoms with Crippen molar-refractivity contribution < 1.29 is 0 Å². The predicted molar refractivity (Wildman–Crippen MR) is 76.8 cm³/mol. The Hall–Kier alpha value is -1.29. The molecule has 0 aliphatic carbocycles. The van der Waals surface area contributed by atoms with Crippen LogP contribution < -0.4 is 11.3 Å². The van der Waals surface area contributed by atoms with E-state index in [9.17, 15) is 4.79 Å². The molecule has 1 aromatic heterocycles. The van der Waals surface area contributed by atoms with Crippen LogP contribution in [0.4, 0.5) is 5.69 Å². The molecule has 0 atom stereocenters. The fraction of sp³-hybridized carbons (Fsp3) is 0.643. The standard InChI is InChI=1S/C14H25N3O/c1-3-8-16(9-4-2)10-5-11-17-12-13(15)6-7-14(17)18/h6-7,12H,3-5,8-11,15H2,1-2H3. The SMILES string of the molecule is CCCN(CCC)CCCn1cc(N)ccc1=O. The summed E-state index contributed by atoms with van der Waals surface area (Å²) in [6.07, 6.45) is 5.08. The third kappa shape index (κ3) is 4.92. The molecule has 0 spiro atoms. The van der Waals surface area contributed by atoms with Crippen LogP contribution in [0.15, 0.2) is 23.1 Å². The smallest absolute Gasteiger partial charge is 0.250 e. The summed E-state index contributed by atoms with van der Waals surface area (Å²) in [6.45, 7) is 8.46. The molecule has 4 heteroatoms. The predicted octanol–water partition coefficient (Wildman–Crippen LogP) is 1.94. The van der Waals surface area contributed by atoms with E-state index in [4.69, 9.17) is 5.73 Å². The summed E-state index contributed by atoms with van der Waals surface area (Å²) in [5, 5.41) is 0. The number of hydrogen-bond acceptors (Lipinski definition) is 3. The van der Waals surface area contributed by atoms with E-state index >= 15 is 0 Å². The summed E-state index contributed by atoms with van der Waals surface area (Å²) in [6, 6.07) is 3.19. The van der Waals surface area contributed by atoms with Gasteiger partial charge in [-0.15, -0.1) is 0 Å². The number of nitrogens with two attached hydrogens (primary N) is 1. The highest BCUT2D eigenvalue weighted by Crippen LogP contribution is 2.00. The molecule has 0 amide bonds. The fourth-order valence-corrected chi connectivity index (χ4v) is 2.16. The van der Waals surface area contributed by atoms with Gasteiger partial charge in [0.15, 0.2) is 0 Å². The molecule has 102 valence electrons. The lowest BCUT2D eigenvalue weighted by atomic mass is 10.3. The first-order valence-electron chi connectivity index (χ1n) is 6.85. The quantitative estimate of drug-likeness (QED) is 0.768. The molecular weight excluding hydrogens is 226 g/mol. The van der Waals surface area contributed by atoms with E-state index in [0.717, 1.165) is 32.6 Å². The number of pyridine rings is 1. The van der Waals surface area contributed by atoms with E-state index in [1.807, 2.05) is 0 Å². The van der Waals surface area contributed by atoms with E-state index in [1.54, 1.807) is 16.8 Å². The van der Waals surface area contributed by atoms with Crippen molar-refractivity contribution in [2.24, 2.45) is 0 Å². The average molecular weight is 251 g/mol. The summed E-state index contributed by atoms with van der Waals surface area (Å²) in [5.41, 5.74) is 6.36. The lowest BCUT2D eigenvalue weighted by Crippen LogP contribution is -2.28. The second kappa shape index (κ2) is 7.93. The first-order chi connectivity index (χ1) is 8.67. The molecule has 4 nitrogen and oxygen atoms in total. The van der Waals surface area contributed by atoms with Gasteiger partial charge in [-0.05, 0) is 45.0 Å². The highest BCUT2D eigenvalue weighted by Gasteiger charge is 2.03. The van der Waals surface area contributed by atoms with Crippen LogP contribution in [0.3, 0.4) is 0 Å². The third-order valence-electron chi connectivity index (χ3n) is 2.96. The van der Waals surface area contributed by atoms with E-state index in [0.29, 0.717) is 5.69 Å². The molecule has 0 unspecified atom stereocenters. The normalized spacial score (nSPS) is 11.1. The van der Waals surface area contributed by atoms with Gasteiger partial charge in [-0.25, -0.2) is 0 Å². The summed E-state index contributed by atoms with van der Waals surface area (Å²) < 4.78 is 1.70. The zero-order chi connectivity index (χ0) is 13.4. The molecule has 0 aliphatic heterocycles. The van der Waals surface area contributed by atoms with Gasteiger partial charge in [0.2, 0.25) is 0 Å². The van der Waals surface area contributed by atoms with Crippen LogP contribution in [0.1, 0.15) is 33.1 Å². The molecule has 0 saturated heterocycles. The van der Waals surface area contributed by atoms with Gasteiger partial charge < -0.3 is 15.2 Å². The molecule has 0 aromatic carbocycles. The molecular formula is C14H25N3O. The summed E-state index contributed by atoms with van der Waals surface area (Å²) in [4.78, 5) is 14.0. The van der Waals surface area contributed by atoms with Crippen molar-refractivity contribution >= 4 is 5.69 Å². The van der Waals surface area contributed by atoms with Gasteiger partial charge >= 0.3 is 0 Å². The molecule has 0 fully saturated rings. The Morgan fingerprint density at radius 2 is 1.83 bits per heavy atom. The van der Waals surface area contributed by atoms with Crippen molar-refractivity contribution in [2.75, 3.05) is 25.4 Å². The summed E-state index contributed by atoms with van der Waals surface area (Å²) in [5.74, 6) is 0. The van der Waals surface area contributed by atoms with Crippen molar-refractivity contribution in [1.29, 1.82) is 0 Å². The molecule has 1 rings (SSSR count). The van der Waals surface area contributed by atoms with Gasteiger partial charge in [-0.3, -0.25) is 4.79 Å². The van der Waals surface area contributed by atoms with Crippen LogP contribution in [0, 0.1) is 0 Å². The van der Waals surface area contributed by atoms with E-state index in [2.05, 4.69) is 18.7 Å². The number of nitrogen functional groups attached to an aromatic ring is 1. The van der Waals surface area contributed by atoms with E-state index in [-0.39, 0.29) is 5.56 Å². The minimum Gasteiger partial charge on any atom is -0.398 e. The number of hydrogen-bond donors (Lipinski definition) is 1. The van der Waals surface area contributed by atoms with Gasteiger partial charge in [-0.1, -0.05) is 13.8 Å². The van der Waals surface area contributed by atoms with Crippen molar-refractivity contribution in [1.82, 2.24) is 9.47 Å².